The van der Waals surface area contributed by atoms with Crippen LogP contribution in [0.15, 0.2) is 12.3 Å². The van der Waals surface area contributed by atoms with Crippen molar-refractivity contribution in [3.05, 3.63) is 12.3 Å². The molecule has 10 heteroatoms. The molecule has 0 aromatic carbocycles. The van der Waals surface area contributed by atoms with Crippen LogP contribution in [0.3, 0.4) is 0 Å². The Kier molecular flexibility index (Phi) is 6.31. The van der Waals surface area contributed by atoms with Crippen molar-refractivity contribution in [3.8, 4) is 0 Å². The number of unbranched alkanes of at least 4 members (excludes halogenated alkanes) is 1. The number of phosphoric acid groups is 2. The van der Waals surface area contributed by atoms with Crippen LogP contribution in [-0.2, 0) is 18.2 Å². The highest BCUT2D eigenvalue weighted by Crippen LogP contribution is 2.36. The molecule has 0 fully saturated rings. The molecule has 0 aliphatic heterocycles. The highest BCUT2D eigenvalue weighted by atomic mass is 31.2. The van der Waals surface area contributed by atoms with Gasteiger partial charge in [0.2, 0.25) is 0 Å². The maximum Gasteiger partial charge on any atom is 0.524 e. The minimum absolute atomic E-state index is 0.148. The molecule has 0 radical (unpaired) electrons. The van der Waals surface area contributed by atoms with Crippen molar-refractivity contribution in [3.63, 3.8) is 0 Å². The topological polar surface area (TPSA) is 134 Å². The van der Waals surface area contributed by atoms with Crippen LogP contribution >= 0.6 is 15.6 Å². The maximum absolute atomic E-state index is 10.2. The van der Waals surface area contributed by atoms with Crippen molar-refractivity contribution >= 4 is 15.6 Å². The molecule has 0 saturated heterocycles. The lowest BCUT2D eigenvalue weighted by Gasteiger charge is -2.03. The highest BCUT2D eigenvalue weighted by Gasteiger charge is 2.12. The molecule has 0 aromatic heterocycles. The summed E-state index contributed by atoms with van der Waals surface area (Å²) in [6, 6.07) is 0. The quantitative estimate of drug-likeness (QED) is 0.296. The van der Waals surface area contributed by atoms with Gasteiger partial charge in [0, 0.05) is 0 Å². The monoisotopic (exact) mass is 262 g/mol. The molecule has 0 spiro atoms. The Morgan fingerprint density at radius 2 is 1.67 bits per heavy atom. The van der Waals surface area contributed by atoms with E-state index >= 15 is 0 Å². The fourth-order valence-electron chi connectivity index (χ4n) is 0.575. The number of phosphoric ester groups is 2. The summed E-state index contributed by atoms with van der Waals surface area (Å²) in [5.74, 6) is 0. The summed E-state index contributed by atoms with van der Waals surface area (Å²) in [5.41, 5.74) is 0. The molecule has 0 atom stereocenters. The second kappa shape index (κ2) is 6.40. The van der Waals surface area contributed by atoms with E-state index in [2.05, 4.69) is 9.05 Å². The summed E-state index contributed by atoms with van der Waals surface area (Å²) >= 11 is 0. The molecule has 0 heterocycles. The van der Waals surface area contributed by atoms with Crippen molar-refractivity contribution in [2.45, 2.75) is 12.8 Å². The molecule has 0 saturated carbocycles. The Labute approximate surface area is 86.0 Å². The Balaban J connectivity index is 3.48. The third-order valence-electron chi connectivity index (χ3n) is 1.07. The van der Waals surface area contributed by atoms with E-state index in [0.29, 0.717) is 12.8 Å². The maximum atomic E-state index is 10.2. The lowest BCUT2D eigenvalue weighted by atomic mass is 10.3. The summed E-state index contributed by atoms with van der Waals surface area (Å²) in [5, 5.41) is 0. The second-order valence-electron chi connectivity index (χ2n) is 2.43. The molecule has 0 bridgehead atoms. The third kappa shape index (κ3) is 13.8. The van der Waals surface area contributed by atoms with Gasteiger partial charge in [-0.2, -0.15) is 0 Å². The number of rotatable bonds is 7. The molecule has 0 aromatic rings. The van der Waals surface area contributed by atoms with E-state index in [1.807, 2.05) is 0 Å². The van der Waals surface area contributed by atoms with Gasteiger partial charge in [-0.3, -0.25) is 14.3 Å². The number of hydrogen-bond acceptors (Lipinski definition) is 4. The van der Waals surface area contributed by atoms with Gasteiger partial charge in [-0.15, -0.1) is 0 Å². The third-order valence-corrected chi connectivity index (χ3v) is 1.98. The van der Waals surface area contributed by atoms with Crippen LogP contribution in [0.4, 0.5) is 0 Å². The Morgan fingerprint density at radius 1 is 1.07 bits per heavy atom. The van der Waals surface area contributed by atoms with E-state index in [0.717, 1.165) is 6.26 Å². The molecule has 8 nitrogen and oxygen atoms in total. The SMILES string of the molecule is O=P(O)(O)O/C=C/CCCOP(=O)(O)O. The van der Waals surface area contributed by atoms with Gasteiger partial charge in [0.25, 0.3) is 0 Å². The smallest absolute Gasteiger partial charge is 0.413 e. The first-order valence-electron chi connectivity index (χ1n) is 3.80. The standard InChI is InChI=1S/C5H12O8P2/c6-14(7,8)12-4-2-1-3-5-13-15(9,10)11/h2,4H,1,3,5H2,(H2,6,7,8)(H2,9,10,11)/b4-2+. The zero-order valence-electron chi connectivity index (χ0n) is 7.59. The van der Waals surface area contributed by atoms with Gasteiger partial charge in [-0.05, 0) is 18.9 Å². The lowest BCUT2D eigenvalue weighted by molar-refractivity contribution is 0.195. The second-order valence-corrected chi connectivity index (χ2v) is 4.87. The van der Waals surface area contributed by atoms with Gasteiger partial charge in [-0.1, -0.05) is 0 Å². The molecule has 0 rings (SSSR count). The molecule has 90 valence electrons. The Hall–Kier alpha value is -0.200. The van der Waals surface area contributed by atoms with Crippen LogP contribution < -0.4 is 0 Å². The first-order chi connectivity index (χ1) is 6.71. The van der Waals surface area contributed by atoms with E-state index in [1.54, 1.807) is 0 Å². The first-order valence-corrected chi connectivity index (χ1v) is 6.86. The predicted octanol–water partition coefficient (Wildman–Crippen LogP) is 0.499. The minimum Gasteiger partial charge on any atom is -0.413 e. The Morgan fingerprint density at radius 3 is 2.13 bits per heavy atom. The molecule has 0 amide bonds. The summed E-state index contributed by atoms with van der Waals surface area (Å²) in [6.45, 7) is -0.148. The summed E-state index contributed by atoms with van der Waals surface area (Å²) in [4.78, 5) is 33.0. The van der Waals surface area contributed by atoms with Crippen LogP contribution in [-0.4, -0.2) is 26.2 Å². The average Bonchev–Trinajstić information content (AvgIpc) is 1.98. The van der Waals surface area contributed by atoms with E-state index < -0.39 is 15.6 Å². The molecule has 15 heavy (non-hydrogen) atoms. The average molecular weight is 262 g/mol. The van der Waals surface area contributed by atoms with Crippen molar-refractivity contribution < 1.29 is 37.8 Å². The normalized spacial score (nSPS) is 13.3. The molecule has 0 aliphatic carbocycles. The van der Waals surface area contributed by atoms with Crippen LogP contribution in [0.25, 0.3) is 0 Å². The van der Waals surface area contributed by atoms with Gasteiger partial charge >= 0.3 is 15.6 Å². The highest BCUT2D eigenvalue weighted by molar-refractivity contribution is 7.46. The Bertz CT molecular complexity index is 287. The van der Waals surface area contributed by atoms with Crippen molar-refractivity contribution in [2.24, 2.45) is 0 Å². The van der Waals surface area contributed by atoms with E-state index in [-0.39, 0.29) is 6.61 Å². The molecule has 0 aliphatic rings. The van der Waals surface area contributed by atoms with Gasteiger partial charge in [0.1, 0.15) is 0 Å². The van der Waals surface area contributed by atoms with Crippen LogP contribution in [0.5, 0.6) is 0 Å². The zero-order chi connectivity index (χ0) is 11.9. The van der Waals surface area contributed by atoms with Crippen molar-refractivity contribution in [1.29, 1.82) is 0 Å². The molecule has 0 unspecified atom stereocenters. The van der Waals surface area contributed by atoms with Gasteiger partial charge in [0.05, 0.1) is 12.9 Å². The van der Waals surface area contributed by atoms with Gasteiger partial charge in [0.15, 0.2) is 0 Å². The minimum atomic E-state index is -4.49. The fraction of sp³-hybridized carbons (Fsp3) is 0.600. The molecular weight excluding hydrogens is 250 g/mol. The molecular formula is C5H12O8P2. The number of allylic oxidation sites excluding steroid dienone is 1. The van der Waals surface area contributed by atoms with Gasteiger partial charge < -0.3 is 14.3 Å². The summed E-state index contributed by atoms with van der Waals surface area (Å²) in [6.07, 6.45) is 2.76. The van der Waals surface area contributed by atoms with Crippen molar-refractivity contribution in [2.75, 3.05) is 6.61 Å². The van der Waals surface area contributed by atoms with E-state index in [1.165, 1.54) is 6.08 Å². The number of hydrogen-bond donors (Lipinski definition) is 4. The van der Waals surface area contributed by atoms with E-state index in [9.17, 15) is 9.13 Å². The fourth-order valence-corrected chi connectivity index (χ4v) is 1.19. The predicted molar refractivity (Wildman–Crippen MR) is 49.5 cm³/mol. The van der Waals surface area contributed by atoms with Crippen LogP contribution in [0.2, 0.25) is 0 Å². The lowest BCUT2D eigenvalue weighted by Crippen LogP contribution is -1.91. The molecule has 4 N–H and O–H groups in total. The largest absolute Gasteiger partial charge is 0.524 e. The van der Waals surface area contributed by atoms with E-state index in [4.69, 9.17) is 19.6 Å². The van der Waals surface area contributed by atoms with Gasteiger partial charge in [-0.25, -0.2) is 9.13 Å². The summed E-state index contributed by atoms with van der Waals surface area (Å²) in [7, 11) is -8.92. The van der Waals surface area contributed by atoms with Crippen molar-refractivity contribution in [1.82, 2.24) is 0 Å². The van der Waals surface area contributed by atoms with Crippen LogP contribution in [0.1, 0.15) is 12.8 Å². The summed E-state index contributed by atoms with van der Waals surface area (Å²) < 4.78 is 28.4. The first kappa shape index (κ1) is 14.8. The van der Waals surface area contributed by atoms with Crippen LogP contribution in [0, 0.1) is 0 Å². The zero-order valence-corrected chi connectivity index (χ0v) is 9.38.